The minimum Gasteiger partial charge on any atom is -0.465 e. The van der Waals surface area contributed by atoms with Crippen LogP contribution in [0.5, 0.6) is 0 Å². The summed E-state index contributed by atoms with van der Waals surface area (Å²) in [5.74, 6) is -3.21. The number of aliphatic hydroxyl groups excluding tert-OH is 1. The van der Waals surface area contributed by atoms with Gasteiger partial charge < -0.3 is 15.2 Å². The summed E-state index contributed by atoms with van der Waals surface area (Å²) in [5.41, 5.74) is -0.426. The summed E-state index contributed by atoms with van der Waals surface area (Å²) < 4.78 is 31.9. The zero-order valence-corrected chi connectivity index (χ0v) is 11.2. The van der Waals surface area contributed by atoms with Gasteiger partial charge in [-0.25, -0.2) is 13.6 Å². The van der Waals surface area contributed by atoms with Crippen LogP contribution in [-0.2, 0) is 4.74 Å². The van der Waals surface area contributed by atoms with Crippen molar-refractivity contribution in [2.24, 2.45) is 5.41 Å². The van der Waals surface area contributed by atoms with Crippen molar-refractivity contribution in [3.63, 3.8) is 0 Å². The van der Waals surface area contributed by atoms with Crippen LogP contribution in [0.3, 0.4) is 0 Å². The number of ether oxygens (including phenoxy) is 1. The molecule has 0 aliphatic heterocycles. The van der Waals surface area contributed by atoms with Crippen molar-refractivity contribution >= 4 is 11.7 Å². The topological polar surface area (TPSA) is 58.6 Å². The van der Waals surface area contributed by atoms with Crippen molar-refractivity contribution in [1.29, 1.82) is 0 Å². The van der Waals surface area contributed by atoms with Gasteiger partial charge in [-0.05, 0) is 36.8 Å². The smallest absolute Gasteiger partial charge is 0.340 e. The van der Waals surface area contributed by atoms with Crippen molar-refractivity contribution in [2.45, 2.75) is 19.3 Å². The molecule has 1 aliphatic rings. The lowest BCUT2D eigenvalue weighted by molar-refractivity contribution is 0.0594. The van der Waals surface area contributed by atoms with Gasteiger partial charge in [0.05, 0.1) is 18.4 Å². The van der Waals surface area contributed by atoms with Gasteiger partial charge in [0, 0.05) is 13.2 Å². The van der Waals surface area contributed by atoms with Crippen molar-refractivity contribution in [3.8, 4) is 0 Å². The number of nitrogens with one attached hydrogen (secondary N) is 1. The Balaban J connectivity index is 2.10. The zero-order valence-electron chi connectivity index (χ0n) is 11.2. The molecule has 1 aliphatic carbocycles. The molecule has 0 amide bonds. The van der Waals surface area contributed by atoms with Crippen LogP contribution in [0.4, 0.5) is 14.5 Å². The lowest BCUT2D eigenvalue weighted by Gasteiger charge is -2.16. The second kappa shape index (κ2) is 5.75. The number of carbonyl (C=O) groups is 1. The van der Waals surface area contributed by atoms with Gasteiger partial charge >= 0.3 is 5.97 Å². The number of rotatable bonds is 6. The third-order valence-corrected chi connectivity index (χ3v) is 3.74. The standard InChI is InChI=1S/C14H17F2NO3/c1-20-13(19)9-2-3-10(12(16)11(9)15)17-8-14(4-5-14)6-7-18/h2-3,17-18H,4-8H2,1H3. The van der Waals surface area contributed by atoms with Crippen LogP contribution in [0.25, 0.3) is 0 Å². The molecule has 0 radical (unpaired) electrons. The second-order valence-corrected chi connectivity index (χ2v) is 5.11. The molecule has 4 nitrogen and oxygen atoms in total. The quantitative estimate of drug-likeness (QED) is 0.788. The largest absolute Gasteiger partial charge is 0.465 e. The van der Waals surface area contributed by atoms with Crippen molar-refractivity contribution < 1.29 is 23.4 Å². The Morgan fingerprint density at radius 3 is 2.65 bits per heavy atom. The monoisotopic (exact) mass is 285 g/mol. The van der Waals surface area contributed by atoms with E-state index in [1.165, 1.54) is 12.1 Å². The molecule has 1 fully saturated rings. The molecule has 110 valence electrons. The fraction of sp³-hybridized carbons (Fsp3) is 0.500. The molecule has 2 rings (SSSR count). The molecule has 0 atom stereocenters. The molecule has 0 unspecified atom stereocenters. The fourth-order valence-corrected chi connectivity index (χ4v) is 2.17. The van der Waals surface area contributed by atoms with Crippen molar-refractivity contribution in [1.82, 2.24) is 0 Å². The molecule has 1 aromatic rings. The van der Waals surface area contributed by atoms with E-state index in [1.54, 1.807) is 0 Å². The lowest BCUT2D eigenvalue weighted by Crippen LogP contribution is -2.18. The third kappa shape index (κ3) is 2.90. The summed E-state index contributed by atoms with van der Waals surface area (Å²) in [5, 5.41) is 11.8. The van der Waals surface area contributed by atoms with E-state index >= 15 is 0 Å². The summed E-state index contributed by atoms with van der Waals surface area (Å²) in [4.78, 5) is 11.2. The molecular formula is C14H17F2NO3. The normalized spacial score (nSPS) is 15.8. The molecule has 6 heteroatoms. The first-order chi connectivity index (χ1) is 9.53. The van der Waals surface area contributed by atoms with Crippen LogP contribution >= 0.6 is 0 Å². The Labute approximate surface area is 115 Å². The van der Waals surface area contributed by atoms with E-state index in [4.69, 9.17) is 5.11 Å². The van der Waals surface area contributed by atoms with Gasteiger partial charge in [0.25, 0.3) is 0 Å². The molecule has 0 bridgehead atoms. The number of esters is 1. The van der Waals surface area contributed by atoms with Crippen molar-refractivity contribution in [2.75, 3.05) is 25.6 Å². The predicted octanol–water partition coefficient (Wildman–Crippen LogP) is 2.33. The molecule has 0 spiro atoms. The van der Waals surface area contributed by atoms with E-state index in [1.807, 2.05) is 0 Å². The van der Waals surface area contributed by atoms with Gasteiger partial charge in [-0.3, -0.25) is 0 Å². The van der Waals surface area contributed by atoms with E-state index in [0.29, 0.717) is 13.0 Å². The summed E-state index contributed by atoms with van der Waals surface area (Å²) >= 11 is 0. The van der Waals surface area contributed by atoms with E-state index in [9.17, 15) is 13.6 Å². The van der Waals surface area contributed by atoms with Gasteiger partial charge in [-0.2, -0.15) is 0 Å². The van der Waals surface area contributed by atoms with Crippen LogP contribution in [0.1, 0.15) is 29.6 Å². The summed E-state index contributed by atoms with van der Waals surface area (Å²) in [6.07, 6.45) is 2.57. The Kier molecular flexibility index (Phi) is 4.23. The minimum atomic E-state index is -1.21. The Bertz CT molecular complexity index is 515. The number of aliphatic hydroxyl groups is 1. The number of benzene rings is 1. The number of carbonyl (C=O) groups excluding carboxylic acids is 1. The SMILES string of the molecule is COC(=O)c1ccc(NCC2(CCO)CC2)c(F)c1F. The minimum absolute atomic E-state index is 0.0133. The van der Waals surface area contributed by atoms with Crippen LogP contribution < -0.4 is 5.32 Å². The van der Waals surface area contributed by atoms with E-state index < -0.39 is 23.2 Å². The molecular weight excluding hydrogens is 268 g/mol. The van der Waals surface area contributed by atoms with Crippen molar-refractivity contribution in [3.05, 3.63) is 29.3 Å². The zero-order chi connectivity index (χ0) is 14.8. The Morgan fingerprint density at radius 2 is 2.10 bits per heavy atom. The molecule has 0 aromatic heterocycles. The number of halogens is 2. The molecule has 0 heterocycles. The molecule has 0 saturated heterocycles. The maximum absolute atomic E-state index is 13.8. The van der Waals surface area contributed by atoms with Gasteiger partial charge in [0.1, 0.15) is 0 Å². The molecule has 20 heavy (non-hydrogen) atoms. The first-order valence-electron chi connectivity index (χ1n) is 6.44. The first-order valence-corrected chi connectivity index (χ1v) is 6.44. The van der Waals surface area contributed by atoms with Gasteiger partial charge in [-0.1, -0.05) is 0 Å². The Hall–Kier alpha value is -1.69. The average Bonchev–Trinajstić information content (AvgIpc) is 3.20. The highest BCUT2D eigenvalue weighted by Crippen LogP contribution is 2.48. The number of anilines is 1. The maximum Gasteiger partial charge on any atom is 0.340 e. The van der Waals surface area contributed by atoms with Gasteiger partial charge in [0.15, 0.2) is 11.6 Å². The summed E-state index contributed by atoms with van der Waals surface area (Å²) in [7, 11) is 1.11. The number of hydrogen-bond acceptors (Lipinski definition) is 4. The van der Waals surface area contributed by atoms with Gasteiger partial charge in [0.2, 0.25) is 0 Å². The second-order valence-electron chi connectivity index (χ2n) is 5.11. The molecule has 1 saturated carbocycles. The van der Waals surface area contributed by atoms with E-state index in [-0.39, 0.29) is 17.7 Å². The number of hydrogen-bond donors (Lipinski definition) is 2. The third-order valence-electron chi connectivity index (χ3n) is 3.74. The highest BCUT2D eigenvalue weighted by Gasteiger charge is 2.41. The first kappa shape index (κ1) is 14.7. The van der Waals surface area contributed by atoms with Crippen LogP contribution in [0, 0.1) is 17.0 Å². The predicted molar refractivity (Wildman–Crippen MR) is 69.6 cm³/mol. The summed E-state index contributed by atoms with van der Waals surface area (Å²) in [6, 6.07) is 2.51. The highest BCUT2D eigenvalue weighted by atomic mass is 19.2. The van der Waals surface area contributed by atoms with Gasteiger partial charge in [-0.15, -0.1) is 0 Å². The average molecular weight is 285 g/mol. The lowest BCUT2D eigenvalue weighted by atomic mass is 10.0. The van der Waals surface area contributed by atoms with Crippen LogP contribution in [0.2, 0.25) is 0 Å². The summed E-state index contributed by atoms with van der Waals surface area (Å²) in [6.45, 7) is 0.557. The molecule has 1 aromatic carbocycles. The fourth-order valence-electron chi connectivity index (χ4n) is 2.17. The van der Waals surface area contributed by atoms with E-state index in [0.717, 1.165) is 20.0 Å². The molecule has 2 N–H and O–H groups in total. The number of methoxy groups -OCH3 is 1. The highest BCUT2D eigenvalue weighted by molar-refractivity contribution is 5.90. The Morgan fingerprint density at radius 1 is 1.40 bits per heavy atom. The maximum atomic E-state index is 13.8. The van der Waals surface area contributed by atoms with Crippen LogP contribution in [-0.4, -0.2) is 31.3 Å². The van der Waals surface area contributed by atoms with Crippen LogP contribution in [0.15, 0.2) is 12.1 Å². The van der Waals surface area contributed by atoms with E-state index in [2.05, 4.69) is 10.1 Å².